The van der Waals surface area contributed by atoms with Crippen LogP contribution in [0.4, 0.5) is 0 Å². The van der Waals surface area contributed by atoms with Crippen LogP contribution in [0.5, 0.6) is 0 Å². The van der Waals surface area contributed by atoms with E-state index in [0.717, 1.165) is 12.2 Å². The summed E-state index contributed by atoms with van der Waals surface area (Å²) < 4.78 is 0. The maximum atomic E-state index is 3.95. The Morgan fingerprint density at radius 3 is 3.08 bits per heavy atom. The second kappa shape index (κ2) is 4.93. The molecule has 3 heteroatoms. The number of nitrogens with one attached hydrogen (secondary N) is 2. The van der Waals surface area contributed by atoms with Crippen LogP contribution in [0, 0.1) is 0 Å². The van der Waals surface area contributed by atoms with E-state index in [1.165, 1.54) is 12.8 Å². The molecule has 0 radical (unpaired) electrons. The fourth-order valence-corrected chi connectivity index (χ4v) is 1.20. The Morgan fingerprint density at radius 2 is 2.50 bits per heavy atom. The molecule has 1 aromatic heterocycles. The topological polar surface area (TPSA) is 40.7 Å². The predicted molar refractivity (Wildman–Crippen MR) is 49.8 cm³/mol. The molecule has 1 aromatic rings. The molecule has 2 N–H and O–H groups in total. The molecule has 68 valence electrons. The van der Waals surface area contributed by atoms with Gasteiger partial charge in [-0.25, -0.2) is 4.98 Å². The van der Waals surface area contributed by atoms with E-state index in [4.69, 9.17) is 0 Å². The van der Waals surface area contributed by atoms with Crippen molar-refractivity contribution in [3.63, 3.8) is 0 Å². The highest BCUT2D eigenvalue weighted by Crippen LogP contribution is 1.97. The molecule has 3 nitrogen and oxygen atoms in total. The Bertz CT molecular complexity index is 194. The van der Waals surface area contributed by atoms with Gasteiger partial charge in [-0.2, -0.15) is 0 Å². The summed E-state index contributed by atoms with van der Waals surface area (Å²) in [6.45, 7) is 5.30. The molecule has 0 amide bonds. The molecule has 0 aliphatic heterocycles. The third-order valence-corrected chi connectivity index (χ3v) is 1.92. The van der Waals surface area contributed by atoms with Gasteiger partial charge in [0.25, 0.3) is 0 Å². The Labute approximate surface area is 73.6 Å². The van der Waals surface area contributed by atoms with Gasteiger partial charge in [0.2, 0.25) is 0 Å². The Balaban J connectivity index is 2.17. The van der Waals surface area contributed by atoms with Crippen LogP contribution >= 0.6 is 0 Å². The first-order valence-corrected chi connectivity index (χ1v) is 4.53. The molecule has 0 aliphatic rings. The van der Waals surface area contributed by atoms with E-state index in [0.29, 0.717) is 6.04 Å². The van der Waals surface area contributed by atoms with Gasteiger partial charge >= 0.3 is 0 Å². The normalized spacial score (nSPS) is 13.2. The summed E-state index contributed by atoms with van der Waals surface area (Å²) in [5.74, 6) is 0. The quantitative estimate of drug-likeness (QED) is 0.700. The largest absolute Gasteiger partial charge is 0.347 e. The number of imidazole rings is 1. The second-order valence-electron chi connectivity index (χ2n) is 3.15. The van der Waals surface area contributed by atoms with Gasteiger partial charge in [0.1, 0.15) is 0 Å². The average Bonchev–Trinajstić information content (AvgIpc) is 2.53. The molecule has 0 aliphatic carbocycles. The zero-order valence-electron chi connectivity index (χ0n) is 7.80. The van der Waals surface area contributed by atoms with Crippen LogP contribution in [-0.2, 0) is 6.54 Å². The Hall–Kier alpha value is -0.830. The lowest BCUT2D eigenvalue weighted by atomic mass is 10.2. The zero-order chi connectivity index (χ0) is 8.81. The number of aromatic nitrogens is 2. The lowest BCUT2D eigenvalue weighted by molar-refractivity contribution is 0.505. The van der Waals surface area contributed by atoms with Crippen molar-refractivity contribution >= 4 is 0 Å². The SMILES string of the molecule is CCCC(C)NCc1cnc[nH]1. The van der Waals surface area contributed by atoms with E-state index in [9.17, 15) is 0 Å². The second-order valence-corrected chi connectivity index (χ2v) is 3.15. The highest BCUT2D eigenvalue weighted by atomic mass is 14.9. The zero-order valence-corrected chi connectivity index (χ0v) is 7.80. The molecule has 0 saturated carbocycles. The summed E-state index contributed by atoms with van der Waals surface area (Å²) in [5, 5.41) is 3.41. The van der Waals surface area contributed by atoms with E-state index >= 15 is 0 Å². The van der Waals surface area contributed by atoms with Crippen molar-refractivity contribution in [2.45, 2.75) is 39.3 Å². The summed E-state index contributed by atoms with van der Waals surface area (Å²) >= 11 is 0. The van der Waals surface area contributed by atoms with Crippen LogP contribution in [0.2, 0.25) is 0 Å². The maximum Gasteiger partial charge on any atom is 0.0922 e. The molecule has 0 bridgehead atoms. The number of nitrogens with zero attached hydrogens (tertiary/aromatic N) is 1. The van der Waals surface area contributed by atoms with Gasteiger partial charge in [-0.3, -0.25) is 0 Å². The number of H-pyrrole nitrogens is 1. The summed E-state index contributed by atoms with van der Waals surface area (Å²) in [6.07, 6.45) is 6.03. The standard InChI is InChI=1S/C9H17N3/c1-3-4-8(2)11-6-9-5-10-7-12-9/h5,7-8,11H,3-4,6H2,1-2H3,(H,10,12). The van der Waals surface area contributed by atoms with Crippen LogP contribution in [0.15, 0.2) is 12.5 Å². The highest BCUT2D eigenvalue weighted by Gasteiger charge is 1.99. The van der Waals surface area contributed by atoms with Crippen LogP contribution in [-0.4, -0.2) is 16.0 Å². The minimum Gasteiger partial charge on any atom is -0.347 e. The number of rotatable bonds is 5. The van der Waals surface area contributed by atoms with Crippen molar-refractivity contribution in [2.75, 3.05) is 0 Å². The van der Waals surface area contributed by atoms with Gasteiger partial charge in [-0.15, -0.1) is 0 Å². The van der Waals surface area contributed by atoms with E-state index < -0.39 is 0 Å². The minimum atomic E-state index is 0.596. The van der Waals surface area contributed by atoms with Crippen LogP contribution in [0.1, 0.15) is 32.4 Å². The molecule has 1 heterocycles. The fourth-order valence-electron chi connectivity index (χ4n) is 1.20. The first kappa shape index (κ1) is 9.26. The monoisotopic (exact) mass is 167 g/mol. The van der Waals surface area contributed by atoms with E-state index in [-0.39, 0.29) is 0 Å². The maximum absolute atomic E-state index is 3.95. The lowest BCUT2D eigenvalue weighted by Crippen LogP contribution is -2.25. The first-order valence-electron chi connectivity index (χ1n) is 4.53. The van der Waals surface area contributed by atoms with Crippen LogP contribution in [0.25, 0.3) is 0 Å². The molecular weight excluding hydrogens is 150 g/mol. The fraction of sp³-hybridized carbons (Fsp3) is 0.667. The molecule has 1 atom stereocenters. The lowest BCUT2D eigenvalue weighted by Gasteiger charge is -2.10. The molecule has 0 fully saturated rings. The minimum absolute atomic E-state index is 0.596. The third kappa shape index (κ3) is 3.05. The number of hydrogen-bond donors (Lipinski definition) is 2. The van der Waals surface area contributed by atoms with Crippen molar-refractivity contribution in [3.8, 4) is 0 Å². The number of aromatic amines is 1. The predicted octanol–water partition coefficient (Wildman–Crippen LogP) is 1.69. The van der Waals surface area contributed by atoms with Crippen molar-refractivity contribution < 1.29 is 0 Å². The number of hydrogen-bond acceptors (Lipinski definition) is 2. The van der Waals surface area contributed by atoms with Gasteiger partial charge in [0.05, 0.1) is 6.33 Å². The summed E-state index contributed by atoms with van der Waals surface area (Å²) in [6, 6.07) is 0.596. The Morgan fingerprint density at radius 1 is 1.67 bits per heavy atom. The molecule has 0 aromatic carbocycles. The molecule has 1 unspecified atom stereocenters. The molecule has 0 spiro atoms. The van der Waals surface area contributed by atoms with Crippen molar-refractivity contribution in [1.82, 2.24) is 15.3 Å². The van der Waals surface area contributed by atoms with Gasteiger partial charge < -0.3 is 10.3 Å². The van der Waals surface area contributed by atoms with Gasteiger partial charge in [-0.1, -0.05) is 13.3 Å². The van der Waals surface area contributed by atoms with E-state index in [2.05, 4.69) is 29.1 Å². The van der Waals surface area contributed by atoms with Crippen molar-refractivity contribution in [3.05, 3.63) is 18.2 Å². The van der Waals surface area contributed by atoms with Crippen LogP contribution < -0.4 is 5.32 Å². The van der Waals surface area contributed by atoms with Crippen molar-refractivity contribution in [1.29, 1.82) is 0 Å². The molecule has 0 saturated heterocycles. The molecular formula is C9H17N3. The first-order chi connectivity index (χ1) is 5.83. The molecule has 12 heavy (non-hydrogen) atoms. The van der Waals surface area contributed by atoms with Gasteiger partial charge in [0, 0.05) is 24.5 Å². The summed E-state index contributed by atoms with van der Waals surface area (Å²) in [7, 11) is 0. The van der Waals surface area contributed by atoms with Crippen LogP contribution in [0.3, 0.4) is 0 Å². The smallest absolute Gasteiger partial charge is 0.0922 e. The molecule has 1 rings (SSSR count). The Kier molecular flexibility index (Phi) is 3.80. The van der Waals surface area contributed by atoms with Gasteiger partial charge in [-0.05, 0) is 13.3 Å². The van der Waals surface area contributed by atoms with E-state index in [1.54, 1.807) is 6.33 Å². The summed E-state index contributed by atoms with van der Waals surface area (Å²) in [5.41, 5.74) is 1.15. The van der Waals surface area contributed by atoms with E-state index in [1.807, 2.05) is 6.20 Å². The average molecular weight is 167 g/mol. The third-order valence-electron chi connectivity index (χ3n) is 1.92. The summed E-state index contributed by atoms with van der Waals surface area (Å²) in [4.78, 5) is 7.01. The van der Waals surface area contributed by atoms with Crippen molar-refractivity contribution in [2.24, 2.45) is 0 Å². The highest BCUT2D eigenvalue weighted by molar-refractivity contribution is 4.93. The van der Waals surface area contributed by atoms with Gasteiger partial charge in [0.15, 0.2) is 0 Å².